The fourth-order valence-electron chi connectivity index (χ4n) is 0.974. The maximum Gasteiger partial charge on any atom is 0.247 e. The summed E-state index contributed by atoms with van der Waals surface area (Å²) >= 11 is 1.49. The van der Waals surface area contributed by atoms with Gasteiger partial charge in [-0.1, -0.05) is 12.1 Å². The number of hydroxylamine groups is 1. The van der Waals surface area contributed by atoms with E-state index in [0.717, 1.165) is 4.90 Å². The van der Waals surface area contributed by atoms with Crippen molar-refractivity contribution in [1.82, 2.24) is 0 Å². The molecule has 0 aromatic heterocycles. The van der Waals surface area contributed by atoms with Crippen molar-refractivity contribution in [3.05, 3.63) is 24.3 Å². The van der Waals surface area contributed by atoms with Crippen molar-refractivity contribution in [2.75, 3.05) is 11.3 Å². The predicted molar refractivity (Wildman–Crippen MR) is 53.2 cm³/mol. The van der Waals surface area contributed by atoms with Crippen molar-refractivity contribution in [1.29, 1.82) is 0 Å². The molecule has 1 aromatic carbocycles. The summed E-state index contributed by atoms with van der Waals surface area (Å²) in [5.41, 5.74) is 0.530. The number of benzene rings is 1. The van der Waals surface area contributed by atoms with Gasteiger partial charge in [-0.2, -0.15) is 5.06 Å². The van der Waals surface area contributed by atoms with Gasteiger partial charge in [0.25, 0.3) is 0 Å². The predicted octanol–water partition coefficient (Wildman–Crippen LogP) is 2.15. The quantitative estimate of drug-likeness (QED) is 0.448. The molecule has 70 valence electrons. The van der Waals surface area contributed by atoms with E-state index in [2.05, 4.69) is 0 Å². The molecule has 0 aliphatic carbocycles. The Morgan fingerprint density at radius 3 is 2.62 bits per heavy atom. The van der Waals surface area contributed by atoms with Crippen molar-refractivity contribution in [2.45, 2.75) is 11.8 Å². The number of carbonyl (C=O) groups excluding carboxylic acids is 1. The lowest BCUT2D eigenvalue weighted by Gasteiger charge is -2.15. The van der Waals surface area contributed by atoms with E-state index in [4.69, 9.17) is 0 Å². The number of anilines is 1. The molecule has 0 atom stereocenters. The van der Waals surface area contributed by atoms with Gasteiger partial charge in [0, 0.05) is 11.8 Å². The van der Waals surface area contributed by atoms with Gasteiger partial charge in [-0.25, -0.2) is 0 Å². The molecule has 0 saturated carbocycles. The van der Waals surface area contributed by atoms with E-state index >= 15 is 0 Å². The molecule has 1 N–H and O–H groups in total. The van der Waals surface area contributed by atoms with Crippen molar-refractivity contribution in [3.8, 4) is 0 Å². The van der Waals surface area contributed by atoms with E-state index < -0.39 is 0 Å². The lowest BCUT2D eigenvalue weighted by atomic mass is 10.3. The molecule has 0 bridgehead atoms. The fourth-order valence-corrected chi connectivity index (χ4v) is 1.55. The number of hydrogen-bond donors (Lipinski definition) is 1. The molecule has 3 nitrogen and oxygen atoms in total. The van der Waals surface area contributed by atoms with Gasteiger partial charge in [0.15, 0.2) is 0 Å². The number of rotatable bonds is 2. The van der Waals surface area contributed by atoms with Crippen LogP contribution >= 0.6 is 11.8 Å². The Morgan fingerprint density at radius 2 is 2.08 bits per heavy atom. The van der Waals surface area contributed by atoms with Crippen LogP contribution in [0.3, 0.4) is 0 Å². The Bertz CT molecular complexity index is 314. The number of carbonyl (C=O) groups is 1. The van der Waals surface area contributed by atoms with Crippen LogP contribution in [0.4, 0.5) is 5.69 Å². The molecule has 0 fully saturated rings. The zero-order chi connectivity index (χ0) is 9.84. The highest BCUT2D eigenvalue weighted by Gasteiger charge is 2.10. The minimum absolute atomic E-state index is 0.387. The van der Waals surface area contributed by atoms with Crippen LogP contribution in [0.1, 0.15) is 6.92 Å². The van der Waals surface area contributed by atoms with Crippen LogP contribution in [0.5, 0.6) is 0 Å². The largest absolute Gasteiger partial charge is 0.281 e. The molecule has 0 unspecified atom stereocenters. The summed E-state index contributed by atoms with van der Waals surface area (Å²) in [5, 5.41) is 10.0. The molecular weight excluding hydrogens is 186 g/mol. The number of nitrogens with zero attached hydrogens (tertiary/aromatic N) is 1. The van der Waals surface area contributed by atoms with Crippen LogP contribution in [0, 0.1) is 0 Å². The summed E-state index contributed by atoms with van der Waals surface area (Å²) in [4.78, 5) is 11.8. The van der Waals surface area contributed by atoms with E-state index in [-0.39, 0.29) is 5.91 Å². The summed E-state index contributed by atoms with van der Waals surface area (Å²) in [5.74, 6) is -0.387. The van der Waals surface area contributed by atoms with Crippen molar-refractivity contribution in [2.24, 2.45) is 0 Å². The monoisotopic (exact) mass is 197 g/mol. The standard InChI is InChI=1S/C9H11NO2S/c1-7(11)10(12)8-5-3-4-6-9(8)13-2/h3-6,12H,1-2H3. The number of amides is 1. The minimum atomic E-state index is -0.387. The Balaban J connectivity index is 3.05. The number of thioether (sulfide) groups is 1. The summed E-state index contributed by atoms with van der Waals surface area (Å²) in [6, 6.07) is 7.20. The highest BCUT2D eigenvalue weighted by atomic mass is 32.2. The second-order valence-electron chi connectivity index (χ2n) is 2.50. The lowest BCUT2D eigenvalue weighted by Crippen LogP contribution is -2.24. The van der Waals surface area contributed by atoms with Crippen LogP contribution in [-0.2, 0) is 4.79 Å². The first kappa shape index (κ1) is 10.1. The van der Waals surface area contributed by atoms with Gasteiger partial charge in [-0.05, 0) is 18.4 Å². The maximum atomic E-state index is 10.9. The molecule has 1 amide bonds. The normalized spacial score (nSPS) is 9.77. The first-order valence-electron chi connectivity index (χ1n) is 3.79. The Hall–Kier alpha value is -1.00. The van der Waals surface area contributed by atoms with Crippen LogP contribution in [0.25, 0.3) is 0 Å². The smallest absolute Gasteiger partial charge is 0.247 e. The van der Waals surface area contributed by atoms with Gasteiger partial charge in [-0.3, -0.25) is 10.0 Å². The molecule has 1 rings (SSSR count). The van der Waals surface area contributed by atoms with Gasteiger partial charge in [0.1, 0.15) is 0 Å². The van der Waals surface area contributed by atoms with E-state index in [1.54, 1.807) is 12.1 Å². The van der Waals surface area contributed by atoms with E-state index in [1.807, 2.05) is 18.4 Å². The first-order valence-corrected chi connectivity index (χ1v) is 5.02. The van der Waals surface area contributed by atoms with Crippen LogP contribution in [0.15, 0.2) is 29.2 Å². The number of hydrogen-bond acceptors (Lipinski definition) is 3. The third-order valence-corrected chi connectivity index (χ3v) is 2.40. The molecule has 13 heavy (non-hydrogen) atoms. The Labute approximate surface area is 81.3 Å². The Morgan fingerprint density at radius 1 is 1.46 bits per heavy atom. The van der Waals surface area contributed by atoms with Gasteiger partial charge >= 0.3 is 0 Å². The summed E-state index contributed by atoms with van der Waals surface area (Å²) < 4.78 is 0. The highest BCUT2D eigenvalue weighted by molar-refractivity contribution is 7.98. The average Bonchev–Trinajstić information content (AvgIpc) is 2.16. The Kier molecular flexibility index (Phi) is 3.33. The second-order valence-corrected chi connectivity index (χ2v) is 3.35. The highest BCUT2D eigenvalue weighted by Crippen LogP contribution is 2.27. The molecule has 0 aliphatic rings. The molecule has 0 spiro atoms. The van der Waals surface area contributed by atoms with Crippen LogP contribution in [0.2, 0.25) is 0 Å². The van der Waals surface area contributed by atoms with Crippen molar-refractivity contribution >= 4 is 23.4 Å². The van der Waals surface area contributed by atoms with E-state index in [0.29, 0.717) is 10.8 Å². The first-order chi connectivity index (χ1) is 6.16. The second kappa shape index (κ2) is 4.30. The van der Waals surface area contributed by atoms with Gasteiger partial charge in [-0.15, -0.1) is 11.8 Å². The molecule has 4 heteroatoms. The van der Waals surface area contributed by atoms with Gasteiger partial charge < -0.3 is 0 Å². The van der Waals surface area contributed by atoms with Gasteiger partial charge in [0.05, 0.1) is 5.69 Å². The van der Waals surface area contributed by atoms with Gasteiger partial charge in [0.2, 0.25) is 5.91 Å². The molecule has 0 heterocycles. The fraction of sp³-hybridized carbons (Fsp3) is 0.222. The van der Waals surface area contributed by atoms with Crippen LogP contribution in [-0.4, -0.2) is 17.4 Å². The molecular formula is C9H11NO2S. The van der Waals surface area contributed by atoms with Crippen molar-refractivity contribution < 1.29 is 10.0 Å². The van der Waals surface area contributed by atoms with Crippen LogP contribution < -0.4 is 5.06 Å². The lowest BCUT2D eigenvalue weighted by molar-refractivity contribution is -0.121. The van der Waals surface area contributed by atoms with Crippen molar-refractivity contribution in [3.63, 3.8) is 0 Å². The molecule has 0 saturated heterocycles. The third-order valence-electron chi connectivity index (χ3n) is 1.61. The topological polar surface area (TPSA) is 40.5 Å². The summed E-state index contributed by atoms with van der Waals surface area (Å²) in [7, 11) is 0. The minimum Gasteiger partial charge on any atom is -0.281 e. The molecule has 1 aromatic rings. The summed E-state index contributed by atoms with van der Waals surface area (Å²) in [6.45, 7) is 1.32. The maximum absolute atomic E-state index is 10.9. The third kappa shape index (κ3) is 2.23. The molecule has 0 aliphatic heterocycles. The zero-order valence-corrected chi connectivity index (χ0v) is 8.34. The zero-order valence-electron chi connectivity index (χ0n) is 7.52. The SMILES string of the molecule is CSc1ccccc1N(O)C(C)=O. The molecule has 0 radical (unpaired) electrons. The van der Waals surface area contributed by atoms with E-state index in [9.17, 15) is 10.0 Å². The average molecular weight is 197 g/mol. The number of para-hydroxylation sites is 1. The van der Waals surface area contributed by atoms with E-state index in [1.165, 1.54) is 18.7 Å². The summed E-state index contributed by atoms with van der Waals surface area (Å²) in [6.07, 6.45) is 1.90.